The number of anilines is 1. The highest BCUT2D eigenvalue weighted by Gasteiger charge is 2.34. The Bertz CT molecular complexity index is 1100. The van der Waals surface area contributed by atoms with Crippen molar-refractivity contribution >= 4 is 5.95 Å². The molecule has 180 valence electrons. The van der Waals surface area contributed by atoms with Gasteiger partial charge in [-0.25, -0.2) is 19.3 Å². The van der Waals surface area contributed by atoms with Crippen LogP contribution in [0.15, 0.2) is 36.5 Å². The Morgan fingerprint density at radius 2 is 1.82 bits per heavy atom. The van der Waals surface area contributed by atoms with E-state index in [-0.39, 0.29) is 11.2 Å². The van der Waals surface area contributed by atoms with Crippen LogP contribution in [-0.2, 0) is 9.47 Å². The molecule has 0 unspecified atom stereocenters. The average Bonchev–Trinajstić information content (AvgIpc) is 3.31. The average molecular weight is 467 g/mol. The topological polar surface area (TPSA) is 111 Å². The first-order valence-corrected chi connectivity index (χ1v) is 11.9. The van der Waals surface area contributed by atoms with Crippen LogP contribution >= 0.6 is 0 Å². The van der Waals surface area contributed by atoms with E-state index in [0.717, 1.165) is 18.4 Å². The summed E-state index contributed by atoms with van der Waals surface area (Å²) in [5.74, 6) is 0.824. The number of aromatic nitrogens is 4. The minimum atomic E-state index is -0.644. The van der Waals surface area contributed by atoms with E-state index in [1.807, 2.05) is 13.0 Å². The molecule has 8 nitrogen and oxygen atoms in total. The molecule has 3 heterocycles. The Hall–Kier alpha value is -2.88. The number of hydrogen-bond donors (Lipinski definition) is 3. The first-order chi connectivity index (χ1) is 16.5. The van der Waals surface area contributed by atoms with Gasteiger partial charge in [0.2, 0.25) is 12.2 Å². The molecule has 1 saturated heterocycles. The van der Waals surface area contributed by atoms with Crippen LogP contribution in [-0.4, -0.2) is 45.7 Å². The molecular weight excluding hydrogens is 435 g/mol. The van der Waals surface area contributed by atoms with E-state index in [1.54, 1.807) is 18.3 Å². The van der Waals surface area contributed by atoms with Gasteiger partial charge in [-0.15, -0.1) is 0 Å². The Morgan fingerprint density at radius 3 is 2.53 bits per heavy atom. The summed E-state index contributed by atoms with van der Waals surface area (Å²) in [5, 5.41) is 3.48. The van der Waals surface area contributed by atoms with Crippen LogP contribution in [0.25, 0.3) is 22.6 Å². The monoisotopic (exact) mass is 466 g/mol. The molecule has 0 radical (unpaired) electrons. The Kier molecular flexibility index (Phi) is 6.58. The van der Waals surface area contributed by atoms with Gasteiger partial charge in [-0.3, -0.25) is 0 Å². The number of hydrogen-bond acceptors (Lipinski definition) is 7. The highest BCUT2D eigenvalue weighted by molar-refractivity contribution is 5.77. The normalized spacial score (nSPS) is 23.7. The number of benzene rings is 1. The molecule has 1 aromatic carbocycles. The molecule has 2 aromatic heterocycles. The summed E-state index contributed by atoms with van der Waals surface area (Å²) in [6.07, 6.45) is 7.08. The quantitative estimate of drug-likeness (QED) is 0.493. The van der Waals surface area contributed by atoms with Crippen molar-refractivity contribution in [2.75, 3.05) is 25.1 Å². The van der Waals surface area contributed by atoms with E-state index >= 15 is 0 Å². The lowest BCUT2D eigenvalue weighted by molar-refractivity contribution is -0.231. The molecule has 34 heavy (non-hydrogen) atoms. The zero-order valence-corrected chi connectivity index (χ0v) is 19.4. The third-order valence-corrected chi connectivity index (χ3v) is 6.57. The first-order valence-electron chi connectivity index (χ1n) is 11.9. The molecule has 1 aliphatic carbocycles. The van der Waals surface area contributed by atoms with Crippen LogP contribution < -0.4 is 11.1 Å². The summed E-state index contributed by atoms with van der Waals surface area (Å²) in [5.41, 5.74) is 8.44. The largest absolute Gasteiger partial charge is 0.351 e. The maximum Gasteiger partial charge on any atom is 0.223 e. The van der Waals surface area contributed by atoms with Crippen molar-refractivity contribution in [3.63, 3.8) is 0 Å². The summed E-state index contributed by atoms with van der Waals surface area (Å²) in [4.78, 5) is 17.3. The van der Waals surface area contributed by atoms with Crippen LogP contribution in [0.3, 0.4) is 0 Å². The van der Waals surface area contributed by atoms with Gasteiger partial charge in [0.25, 0.3) is 0 Å². The molecule has 0 bridgehead atoms. The zero-order chi connectivity index (χ0) is 23.5. The third-order valence-electron chi connectivity index (χ3n) is 6.57. The van der Waals surface area contributed by atoms with Gasteiger partial charge in [-0.1, -0.05) is 26.2 Å². The Balaban J connectivity index is 1.47. The van der Waals surface area contributed by atoms with Gasteiger partial charge < -0.3 is 25.5 Å². The lowest BCUT2D eigenvalue weighted by atomic mass is 9.93. The molecule has 0 amide bonds. The number of nitrogens with zero attached hydrogens (tertiary/aromatic N) is 3. The molecule has 0 atom stereocenters. The number of nitrogens with two attached hydrogens (primary N) is 1. The van der Waals surface area contributed by atoms with Crippen molar-refractivity contribution < 1.29 is 13.9 Å². The van der Waals surface area contributed by atoms with Gasteiger partial charge >= 0.3 is 0 Å². The standard InChI is InChI=1S/C25H31FN6O2/c1-25(13-27)14-33-23(34-15-25)22-31-20(16-7-9-17(26)10-8-16)21(32-22)19-11-12-28-24(30-19)29-18-5-3-2-4-6-18/h7-12,18,23H,2-6,13-15,27H2,1H3,(H,31,32)(H,28,29,30). The molecule has 2 aliphatic rings. The lowest BCUT2D eigenvalue weighted by Gasteiger charge is -2.35. The number of imidazole rings is 1. The molecule has 2 fully saturated rings. The summed E-state index contributed by atoms with van der Waals surface area (Å²) < 4.78 is 25.5. The summed E-state index contributed by atoms with van der Waals surface area (Å²) in [6, 6.07) is 8.47. The lowest BCUT2D eigenvalue weighted by Crippen LogP contribution is -2.42. The van der Waals surface area contributed by atoms with Crippen molar-refractivity contribution in [1.82, 2.24) is 19.9 Å². The van der Waals surface area contributed by atoms with E-state index in [1.165, 1.54) is 31.4 Å². The van der Waals surface area contributed by atoms with E-state index in [0.29, 0.717) is 54.7 Å². The van der Waals surface area contributed by atoms with E-state index in [4.69, 9.17) is 25.2 Å². The predicted octanol–water partition coefficient (Wildman–Crippen LogP) is 4.43. The molecule has 9 heteroatoms. The van der Waals surface area contributed by atoms with Crippen molar-refractivity contribution in [1.29, 1.82) is 0 Å². The van der Waals surface area contributed by atoms with Gasteiger partial charge in [0, 0.05) is 29.8 Å². The Labute approximate surface area is 198 Å². The molecule has 1 saturated carbocycles. The van der Waals surface area contributed by atoms with Gasteiger partial charge in [0.15, 0.2) is 5.82 Å². The number of nitrogens with one attached hydrogen (secondary N) is 2. The fourth-order valence-electron chi connectivity index (χ4n) is 4.42. The maximum absolute atomic E-state index is 13.6. The van der Waals surface area contributed by atoms with Gasteiger partial charge in [0.05, 0.1) is 30.3 Å². The van der Waals surface area contributed by atoms with Crippen LogP contribution in [0.5, 0.6) is 0 Å². The number of ether oxygens (including phenoxy) is 2. The van der Waals surface area contributed by atoms with Crippen LogP contribution in [0.2, 0.25) is 0 Å². The summed E-state index contributed by atoms with van der Waals surface area (Å²) in [6.45, 7) is 3.45. The summed E-state index contributed by atoms with van der Waals surface area (Å²) >= 11 is 0. The number of rotatable bonds is 6. The SMILES string of the molecule is CC1(CN)COC(c2nc(-c3ccc(F)cc3)c(-c3ccnc(NC4CCCCC4)n3)[nH]2)OC1. The highest BCUT2D eigenvalue weighted by Crippen LogP contribution is 2.35. The number of H-pyrrole nitrogens is 1. The van der Waals surface area contributed by atoms with E-state index < -0.39 is 6.29 Å². The fourth-order valence-corrected chi connectivity index (χ4v) is 4.42. The molecule has 0 spiro atoms. The van der Waals surface area contributed by atoms with Crippen LogP contribution in [0.1, 0.15) is 51.1 Å². The maximum atomic E-state index is 13.6. The van der Waals surface area contributed by atoms with Crippen molar-refractivity contribution in [3.8, 4) is 22.6 Å². The van der Waals surface area contributed by atoms with E-state index in [9.17, 15) is 4.39 Å². The molecule has 3 aromatic rings. The fraction of sp³-hybridized carbons (Fsp3) is 0.480. The van der Waals surface area contributed by atoms with Crippen LogP contribution in [0, 0.1) is 11.2 Å². The zero-order valence-electron chi connectivity index (χ0n) is 19.4. The van der Waals surface area contributed by atoms with Gasteiger partial charge in [0.1, 0.15) is 5.82 Å². The number of aromatic amines is 1. The second-order valence-electron chi connectivity index (χ2n) is 9.57. The second kappa shape index (κ2) is 9.77. The highest BCUT2D eigenvalue weighted by atomic mass is 19.1. The van der Waals surface area contributed by atoms with Crippen molar-refractivity contribution in [2.45, 2.75) is 51.4 Å². The van der Waals surface area contributed by atoms with E-state index in [2.05, 4.69) is 15.3 Å². The smallest absolute Gasteiger partial charge is 0.223 e. The molecule has 1 aliphatic heterocycles. The molecular formula is C25H31FN6O2. The van der Waals surface area contributed by atoms with Gasteiger partial charge in [-0.2, -0.15) is 0 Å². The summed E-state index contributed by atoms with van der Waals surface area (Å²) in [7, 11) is 0. The van der Waals surface area contributed by atoms with Crippen molar-refractivity contribution in [2.24, 2.45) is 11.1 Å². The van der Waals surface area contributed by atoms with Gasteiger partial charge in [-0.05, 0) is 43.2 Å². The number of halogens is 1. The van der Waals surface area contributed by atoms with Crippen molar-refractivity contribution in [3.05, 3.63) is 48.2 Å². The molecule has 4 N–H and O–H groups in total. The minimum Gasteiger partial charge on any atom is -0.351 e. The first kappa shape index (κ1) is 22.9. The molecule has 5 rings (SSSR count). The second-order valence-corrected chi connectivity index (χ2v) is 9.57. The third kappa shape index (κ3) is 4.96. The van der Waals surface area contributed by atoms with Crippen LogP contribution in [0.4, 0.5) is 10.3 Å². The minimum absolute atomic E-state index is 0.224. The Morgan fingerprint density at radius 1 is 1.09 bits per heavy atom. The predicted molar refractivity (Wildman–Crippen MR) is 127 cm³/mol.